The van der Waals surface area contributed by atoms with Crippen LogP contribution in [0.2, 0.25) is 4.34 Å². The lowest BCUT2D eigenvalue weighted by Crippen LogP contribution is -2.49. The fraction of sp³-hybridized carbons (Fsp3) is 0.643. The molecule has 0 spiro atoms. The Labute approximate surface area is 129 Å². The van der Waals surface area contributed by atoms with Gasteiger partial charge in [0.2, 0.25) is 5.91 Å². The summed E-state index contributed by atoms with van der Waals surface area (Å²) in [4.78, 5) is 19.8. The molecular weight excluding hydrogens is 294 g/mol. The maximum absolute atomic E-state index is 12.2. The molecular formula is C14H22ClN3OS. The molecule has 112 valence electrons. The number of likely N-dealkylation sites (N-methyl/N-ethyl adjacent to an activating group) is 2. The van der Waals surface area contributed by atoms with Crippen LogP contribution in [0.1, 0.15) is 11.8 Å². The maximum atomic E-state index is 12.2. The SMILES string of the molecule is CCN1CCN(CC(=O)N(C)Cc2ccc(Cl)s2)CC1. The summed E-state index contributed by atoms with van der Waals surface area (Å²) in [6, 6.07) is 3.86. The lowest BCUT2D eigenvalue weighted by atomic mass is 10.3. The minimum atomic E-state index is 0.180. The molecule has 4 nitrogen and oxygen atoms in total. The van der Waals surface area contributed by atoms with E-state index >= 15 is 0 Å². The van der Waals surface area contributed by atoms with Crippen molar-refractivity contribution < 1.29 is 4.79 Å². The van der Waals surface area contributed by atoms with Crippen LogP contribution in [0.3, 0.4) is 0 Å². The Morgan fingerprint density at radius 2 is 1.95 bits per heavy atom. The standard InChI is InChI=1S/C14H22ClN3OS/c1-3-17-6-8-18(9-7-17)11-14(19)16(2)10-12-4-5-13(15)20-12/h4-5H,3,6-11H2,1-2H3. The van der Waals surface area contributed by atoms with Gasteiger partial charge < -0.3 is 9.80 Å². The number of thiophene rings is 1. The molecule has 0 bridgehead atoms. The van der Waals surface area contributed by atoms with E-state index in [1.165, 1.54) is 11.3 Å². The van der Waals surface area contributed by atoms with E-state index < -0.39 is 0 Å². The van der Waals surface area contributed by atoms with E-state index in [1.807, 2.05) is 19.2 Å². The Morgan fingerprint density at radius 3 is 2.50 bits per heavy atom. The summed E-state index contributed by atoms with van der Waals surface area (Å²) in [6.45, 7) is 8.54. The number of carbonyl (C=O) groups excluding carboxylic acids is 1. The lowest BCUT2D eigenvalue weighted by Gasteiger charge is -2.34. The van der Waals surface area contributed by atoms with Gasteiger partial charge in [0.25, 0.3) is 0 Å². The first-order valence-electron chi connectivity index (χ1n) is 7.01. The minimum absolute atomic E-state index is 0.180. The van der Waals surface area contributed by atoms with Crippen molar-refractivity contribution in [2.75, 3.05) is 46.3 Å². The van der Waals surface area contributed by atoms with Crippen molar-refractivity contribution in [3.63, 3.8) is 0 Å². The van der Waals surface area contributed by atoms with Gasteiger partial charge in [0, 0.05) is 38.1 Å². The molecule has 0 atom stereocenters. The summed E-state index contributed by atoms with van der Waals surface area (Å²) in [5.41, 5.74) is 0. The van der Waals surface area contributed by atoms with E-state index in [4.69, 9.17) is 11.6 Å². The zero-order chi connectivity index (χ0) is 14.5. The van der Waals surface area contributed by atoms with Gasteiger partial charge in [-0.15, -0.1) is 11.3 Å². The van der Waals surface area contributed by atoms with E-state index in [-0.39, 0.29) is 5.91 Å². The van der Waals surface area contributed by atoms with Crippen LogP contribution >= 0.6 is 22.9 Å². The van der Waals surface area contributed by atoms with Gasteiger partial charge in [-0.2, -0.15) is 0 Å². The van der Waals surface area contributed by atoms with Crippen molar-refractivity contribution in [1.29, 1.82) is 0 Å². The monoisotopic (exact) mass is 315 g/mol. The Kier molecular flexibility index (Phi) is 5.84. The Bertz CT molecular complexity index is 443. The molecule has 0 radical (unpaired) electrons. The number of halogens is 1. The fourth-order valence-electron chi connectivity index (χ4n) is 2.33. The van der Waals surface area contributed by atoms with Crippen LogP contribution in [0, 0.1) is 0 Å². The second-order valence-corrected chi connectivity index (χ2v) is 6.97. The molecule has 20 heavy (non-hydrogen) atoms. The highest BCUT2D eigenvalue weighted by atomic mass is 35.5. The number of nitrogens with zero attached hydrogens (tertiary/aromatic N) is 3. The van der Waals surface area contributed by atoms with Gasteiger partial charge >= 0.3 is 0 Å². The van der Waals surface area contributed by atoms with Crippen LogP contribution in [-0.2, 0) is 11.3 Å². The lowest BCUT2D eigenvalue weighted by molar-refractivity contribution is -0.132. The van der Waals surface area contributed by atoms with Gasteiger partial charge in [-0.05, 0) is 18.7 Å². The molecule has 1 fully saturated rings. The van der Waals surface area contributed by atoms with Crippen LogP contribution in [0.25, 0.3) is 0 Å². The third kappa shape index (κ3) is 4.45. The first-order chi connectivity index (χ1) is 9.58. The van der Waals surface area contributed by atoms with Gasteiger partial charge in [0.1, 0.15) is 0 Å². The fourth-order valence-corrected chi connectivity index (χ4v) is 3.48. The number of hydrogen-bond donors (Lipinski definition) is 0. The van der Waals surface area contributed by atoms with Crippen LogP contribution in [0.5, 0.6) is 0 Å². The molecule has 2 heterocycles. The largest absolute Gasteiger partial charge is 0.340 e. The molecule has 0 aliphatic carbocycles. The van der Waals surface area contributed by atoms with Crippen LogP contribution in [0.15, 0.2) is 12.1 Å². The number of carbonyl (C=O) groups is 1. The second kappa shape index (κ2) is 7.41. The van der Waals surface area contributed by atoms with Crippen LogP contribution in [-0.4, -0.2) is 66.9 Å². The molecule has 6 heteroatoms. The van der Waals surface area contributed by atoms with Gasteiger partial charge in [0.05, 0.1) is 17.4 Å². The summed E-state index contributed by atoms with van der Waals surface area (Å²) in [6.07, 6.45) is 0. The molecule has 1 aromatic rings. The molecule has 1 aliphatic heterocycles. The third-order valence-electron chi connectivity index (χ3n) is 3.72. The summed E-state index contributed by atoms with van der Waals surface area (Å²) < 4.78 is 0.775. The van der Waals surface area contributed by atoms with Crippen molar-refractivity contribution >= 4 is 28.8 Å². The molecule has 0 unspecified atom stereocenters. The van der Waals surface area contributed by atoms with Gasteiger partial charge in [-0.25, -0.2) is 0 Å². The van der Waals surface area contributed by atoms with Crippen molar-refractivity contribution in [3.8, 4) is 0 Å². The molecule has 1 amide bonds. The highest BCUT2D eigenvalue weighted by Gasteiger charge is 2.19. The maximum Gasteiger partial charge on any atom is 0.236 e. The summed E-state index contributed by atoms with van der Waals surface area (Å²) in [5, 5.41) is 0. The number of hydrogen-bond acceptors (Lipinski definition) is 4. The Balaban J connectivity index is 1.76. The number of amides is 1. The van der Waals surface area contributed by atoms with E-state index in [0.717, 1.165) is 41.9 Å². The zero-order valence-corrected chi connectivity index (χ0v) is 13.7. The van der Waals surface area contributed by atoms with E-state index in [9.17, 15) is 4.79 Å². The van der Waals surface area contributed by atoms with E-state index in [2.05, 4.69) is 16.7 Å². The molecule has 0 N–H and O–H groups in total. The van der Waals surface area contributed by atoms with Crippen molar-refractivity contribution in [1.82, 2.24) is 14.7 Å². The highest BCUT2D eigenvalue weighted by Crippen LogP contribution is 2.22. The molecule has 0 aromatic carbocycles. The smallest absolute Gasteiger partial charge is 0.236 e. The van der Waals surface area contributed by atoms with E-state index in [1.54, 1.807) is 4.90 Å². The first-order valence-corrected chi connectivity index (χ1v) is 8.21. The van der Waals surface area contributed by atoms with Crippen molar-refractivity contribution in [2.45, 2.75) is 13.5 Å². The topological polar surface area (TPSA) is 26.8 Å². The highest BCUT2D eigenvalue weighted by molar-refractivity contribution is 7.16. The third-order valence-corrected chi connectivity index (χ3v) is 4.93. The van der Waals surface area contributed by atoms with Crippen molar-refractivity contribution in [2.24, 2.45) is 0 Å². The van der Waals surface area contributed by atoms with Gasteiger partial charge in [0.15, 0.2) is 0 Å². The Morgan fingerprint density at radius 1 is 1.30 bits per heavy atom. The van der Waals surface area contributed by atoms with Crippen LogP contribution in [0.4, 0.5) is 0 Å². The van der Waals surface area contributed by atoms with Gasteiger partial charge in [-0.1, -0.05) is 18.5 Å². The number of rotatable bonds is 5. The number of piperazine rings is 1. The summed E-state index contributed by atoms with van der Waals surface area (Å²) in [7, 11) is 1.86. The van der Waals surface area contributed by atoms with Gasteiger partial charge in [-0.3, -0.25) is 9.69 Å². The normalized spacial score (nSPS) is 17.4. The minimum Gasteiger partial charge on any atom is -0.340 e. The molecule has 1 saturated heterocycles. The molecule has 0 saturated carbocycles. The predicted octanol–water partition coefficient (Wildman–Crippen LogP) is 2.00. The second-order valence-electron chi connectivity index (χ2n) is 5.17. The average Bonchev–Trinajstić information content (AvgIpc) is 2.85. The summed E-state index contributed by atoms with van der Waals surface area (Å²) in [5.74, 6) is 0.180. The predicted molar refractivity (Wildman–Crippen MR) is 84.4 cm³/mol. The molecule has 2 rings (SSSR count). The zero-order valence-electron chi connectivity index (χ0n) is 12.1. The Hall–Kier alpha value is -0.620. The average molecular weight is 316 g/mol. The van der Waals surface area contributed by atoms with Crippen LogP contribution < -0.4 is 0 Å². The van der Waals surface area contributed by atoms with Crippen molar-refractivity contribution in [3.05, 3.63) is 21.3 Å². The molecule has 1 aromatic heterocycles. The van der Waals surface area contributed by atoms with E-state index in [0.29, 0.717) is 13.1 Å². The molecule has 1 aliphatic rings. The quantitative estimate of drug-likeness (QED) is 0.831. The summed E-state index contributed by atoms with van der Waals surface area (Å²) >= 11 is 7.44. The first kappa shape index (κ1) is 15.8.